The molecule has 0 bridgehead atoms. The lowest BCUT2D eigenvalue weighted by Crippen LogP contribution is -2.46. The van der Waals surface area contributed by atoms with Gasteiger partial charge in [0.05, 0.1) is 0 Å². The molecule has 0 saturated carbocycles. The molecule has 0 radical (unpaired) electrons. The zero-order valence-corrected chi connectivity index (χ0v) is 16.1. The van der Waals surface area contributed by atoms with Crippen LogP contribution < -0.4 is 15.1 Å². The molecule has 6 nitrogen and oxygen atoms in total. The zero-order valence-electron chi connectivity index (χ0n) is 16.1. The summed E-state index contributed by atoms with van der Waals surface area (Å²) in [5.41, 5.74) is 3.03. The third-order valence-electron chi connectivity index (χ3n) is 4.79. The highest BCUT2D eigenvalue weighted by molar-refractivity contribution is 6.01. The van der Waals surface area contributed by atoms with Gasteiger partial charge in [-0.25, -0.2) is 4.79 Å². The summed E-state index contributed by atoms with van der Waals surface area (Å²) in [7, 11) is 5.72. The molecule has 6 heteroatoms. The van der Waals surface area contributed by atoms with E-state index in [2.05, 4.69) is 5.32 Å². The largest absolute Gasteiger partial charge is 0.378 e. The minimum Gasteiger partial charge on any atom is -0.378 e. The number of urea groups is 1. The topological polar surface area (TPSA) is 55.9 Å². The Morgan fingerprint density at radius 3 is 2.37 bits per heavy atom. The van der Waals surface area contributed by atoms with E-state index in [4.69, 9.17) is 0 Å². The first-order chi connectivity index (χ1) is 13.0. The fourth-order valence-corrected chi connectivity index (χ4v) is 3.18. The van der Waals surface area contributed by atoms with E-state index in [-0.39, 0.29) is 11.9 Å². The average Bonchev–Trinajstić information content (AvgIpc) is 3.03. The van der Waals surface area contributed by atoms with E-state index in [1.165, 1.54) is 0 Å². The van der Waals surface area contributed by atoms with Crippen molar-refractivity contribution in [2.75, 3.05) is 37.5 Å². The molecule has 142 valence electrons. The second kappa shape index (κ2) is 8.12. The number of amides is 3. The van der Waals surface area contributed by atoms with Gasteiger partial charge in [0.1, 0.15) is 6.04 Å². The van der Waals surface area contributed by atoms with Gasteiger partial charge in [0.2, 0.25) is 5.91 Å². The van der Waals surface area contributed by atoms with Gasteiger partial charge in [0.15, 0.2) is 0 Å². The third-order valence-corrected chi connectivity index (χ3v) is 4.79. The summed E-state index contributed by atoms with van der Waals surface area (Å²) in [4.78, 5) is 30.5. The van der Waals surface area contributed by atoms with Gasteiger partial charge in [-0.1, -0.05) is 30.3 Å². The summed E-state index contributed by atoms with van der Waals surface area (Å²) >= 11 is 0. The van der Waals surface area contributed by atoms with Gasteiger partial charge in [-0.3, -0.25) is 4.79 Å². The Labute approximate surface area is 160 Å². The number of nitrogens with one attached hydrogen (secondary N) is 1. The molecule has 3 amide bonds. The number of benzene rings is 2. The molecule has 0 aromatic heterocycles. The van der Waals surface area contributed by atoms with Crippen molar-refractivity contribution in [3.8, 4) is 0 Å². The maximum Gasteiger partial charge on any atom is 0.318 e. The van der Waals surface area contributed by atoms with E-state index in [9.17, 15) is 9.59 Å². The van der Waals surface area contributed by atoms with Crippen molar-refractivity contribution < 1.29 is 9.59 Å². The van der Waals surface area contributed by atoms with Gasteiger partial charge >= 0.3 is 6.03 Å². The van der Waals surface area contributed by atoms with Gasteiger partial charge in [0, 0.05) is 45.6 Å². The Bertz CT molecular complexity index is 790. The number of carbonyl (C=O) groups excluding carboxylic acids is 2. The predicted molar refractivity (Wildman–Crippen MR) is 108 cm³/mol. The van der Waals surface area contributed by atoms with Crippen LogP contribution in [0.2, 0.25) is 0 Å². The van der Waals surface area contributed by atoms with Crippen LogP contribution in [0, 0.1) is 0 Å². The van der Waals surface area contributed by atoms with Gasteiger partial charge < -0.3 is 20.0 Å². The number of hydrogen-bond donors (Lipinski definition) is 1. The Kier molecular flexibility index (Phi) is 5.64. The fraction of sp³-hybridized carbons (Fsp3) is 0.333. The minimum atomic E-state index is -0.476. The molecule has 2 aromatic rings. The van der Waals surface area contributed by atoms with Gasteiger partial charge in [-0.15, -0.1) is 0 Å². The molecule has 3 rings (SSSR count). The fourth-order valence-electron chi connectivity index (χ4n) is 3.18. The van der Waals surface area contributed by atoms with Crippen LogP contribution in [0.4, 0.5) is 16.2 Å². The highest BCUT2D eigenvalue weighted by atomic mass is 16.2. The van der Waals surface area contributed by atoms with Crippen molar-refractivity contribution in [3.63, 3.8) is 0 Å². The highest BCUT2D eigenvalue weighted by Gasteiger charge is 2.34. The monoisotopic (exact) mass is 366 g/mol. The summed E-state index contributed by atoms with van der Waals surface area (Å²) in [6.07, 6.45) is 0.616. The number of anilines is 2. The standard InChI is InChI=1S/C21H26N4O2/c1-23(2)17-11-9-16(10-12-17)15-24(3)21(27)22-19-13-14-25(20(19)26)18-7-5-4-6-8-18/h4-12,19H,13-15H2,1-3H3,(H,22,27). The lowest BCUT2D eigenvalue weighted by Gasteiger charge is -2.21. The molecule has 0 aliphatic carbocycles. The smallest absolute Gasteiger partial charge is 0.318 e. The molecular formula is C21H26N4O2. The lowest BCUT2D eigenvalue weighted by atomic mass is 10.2. The van der Waals surface area contributed by atoms with Crippen LogP contribution in [0.3, 0.4) is 0 Å². The van der Waals surface area contributed by atoms with E-state index in [1.807, 2.05) is 73.6 Å². The van der Waals surface area contributed by atoms with E-state index >= 15 is 0 Å². The molecule has 1 heterocycles. The van der Waals surface area contributed by atoms with Crippen LogP contribution in [0.25, 0.3) is 0 Å². The van der Waals surface area contributed by atoms with E-state index in [1.54, 1.807) is 16.8 Å². The maximum absolute atomic E-state index is 12.6. The van der Waals surface area contributed by atoms with Crippen LogP contribution in [-0.4, -0.2) is 50.6 Å². The molecule has 27 heavy (non-hydrogen) atoms. The number of hydrogen-bond acceptors (Lipinski definition) is 3. The Morgan fingerprint density at radius 1 is 1.07 bits per heavy atom. The first-order valence-corrected chi connectivity index (χ1v) is 9.10. The second-order valence-corrected chi connectivity index (χ2v) is 7.03. The Morgan fingerprint density at radius 2 is 1.74 bits per heavy atom. The Balaban J connectivity index is 1.56. The second-order valence-electron chi connectivity index (χ2n) is 7.03. The van der Waals surface area contributed by atoms with Crippen molar-refractivity contribution in [1.29, 1.82) is 0 Å². The van der Waals surface area contributed by atoms with E-state index in [0.29, 0.717) is 19.5 Å². The van der Waals surface area contributed by atoms with Crippen LogP contribution >= 0.6 is 0 Å². The summed E-state index contributed by atoms with van der Waals surface area (Å²) in [5.74, 6) is -0.0571. The summed E-state index contributed by atoms with van der Waals surface area (Å²) in [5, 5.41) is 2.87. The lowest BCUT2D eigenvalue weighted by molar-refractivity contribution is -0.118. The van der Waals surface area contributed by atoms with E-state index < -0.39 is 6.04 Å². The molecule has 1 unspecified atom stereocenters. The first-order valence-electron chi connectivity index (χ1n) is 9.10. The van der Waals surface area contributed by atoms with Crippen LogP contribution in [0.5, 0.6) is 0 Å². The van der Waals surface area contributed by atoms with Crippen molar-refractivity contribution in [1.82, 2.24) is 10.2 Å². The Hall–Kier alpha value is -3.02. The summed E-state index contributed by atoms with van der Waals surface area (Å²) < 4.78 is 0. The van der Waals surface area contributed by atoms with Gasteiger partial charge in [0.25, 0.3) is 0 Å². The SMILES string of the molecule is CN(Cc1ccc(N(C)C)cc1)C(=O)NC1CCN(c2ccccc2)C1=O. The van der Waals surface area contributed by atoms with Crippen LogP contribution in [0.15, 0.2) is 54.6 Å². The van der Waals surface area contributed by atoms with Gasteiger partial charge in [-0.2, -0.15) is 0 Å². The van der Waals surface area contributed by atoms with Gasteiger partial charge in [-0.05, 0) is 36.2 Å². The zero-order chi connectivity index (χ0) is 19.4. The number of nitrogens with zero attached hydrogens (tertiary/aromatic N) is 3. The molecule has 1 fully saturated rings. The molecule has 1 aliphatic rings. The quantitative estimate of drug-likeness (QED) is 0.885. The number of carbonyl (C=O) groups is 2. The summed E-state index contributed by atoms with van der Waals surface area (Å²) in [6, 6.07) is 16.9. The van der Waals surface area contributed by atoms with Crippen molar-refractivity contribution >= 4 is 23.3 Å². The first kappa shape index (κ1) is 18.8. The molecule has 1 N–H and O–H groups in total. The molecule has 2 aromatic carbocycles. The minimum absolute atomic E-state index is 0.0571. The van der Waals surface area contributed by atoms with Crippen molar-refractivity contribution in [2.24, 2.45) is 0 Å². The number of rotatable bonds is 5. The molecule has 1 atom stereocenters. The molecule has 1 aliphatic heterocycles. The highest BCUT2D eigenvalue weighted by Crippen LogP contribution is 2.21. The predicted octanol–water partition coefficient (Wildman–Crippen LogP) is 2.70. The molecule has 0 spiro atoms. The maximum atomic E-state index is 12.6. The summed E-state index contributed by atoms with van der Waals surface area (Å²) in [6.45, 7) is 1.10. The molecule has 1 saturated heterocycles. The third kappa shape index (κ3) is 4.39. The van der Waals surface area contributed by atoms with Crippen LogP contribution in [-0.2, 0) is 11.3 Å². The number of para-hydroxylation sites is 1. The molecular weight excluding hydrogens is 340 g/mol. The normalized spacial score (nSPS) is 16.3. The van der Waals surface area contributed by atoms with Crippen LogP contribution in [0.1, 0.15) is 12.0 Å². The average molecular weight is 366 g/mol. The van der Waals surface area contributed by atoms with E-state index in [0.717, 1.165) is 16.9 Å². The van der Waals surface area contributed by atoms with Crippen molar-refractivity contribution in [3.05, 3.63) is 60.2 Å². The van der Waals surface area contributed by atoms with Crippen molar-refractivity contribution in [2.45, 2.75) is 19.0 Å².